The number of carboxylic acid groups (broad SMARTS) is 1. The number of anilines is 1. The van der Waals surface area contributed by atoms with E-state index in [1.165, 1.54) is 12.1 Å². The molecule has 1 amide bonds. The first-order valence-corrected chi connectivity index (χ1v) is 8.30. The van der Waals surface area contributed by atoms with Crippen LogP contribution in [0.1, 0.15) is 23.0 Å². The quantitative estimate of drug-likeness (QED) is 0.644. The molecule has 0 spiro atoms. The van der Waals surface area contributed by atoms with Crippen molar-refractivity contribution in [3.63, 3.8) is 0 Å². The number of rotatable bonds is 4. The van der Waals surface area contributed by atoms with Crippen molar-refractivity contribution in [1.82, 2.24) is 20.6 Å². The van der Waals surface area contributed by atoms with Gasteiger partial charge in [0.2, 0.25) is 0 Å². The number of hydrazone groups is 1. The van der Waals surface area contributed by atoms with Crippen LogP contribution in [-0.4, -0.2) is 43.3 Å². The van der Waals surface area contributed by atoms with Crippen LogP contribution in [0.3, 0.4) is 0 Å². The molecule has 10 nitrogen and oxygen atoms in total. The van der Waals surface area contributed by atoms with Gasteiger partial charge >= 0.3 is 5.97 Å². The molecule has 2 N–H and O–H groups in total. The molecule has 1 aliphatic rings. The summed E-state index contributed by atoms with van der Waals surface area (Å²) in [6.07, 6.45) is 1.54. The zero-order valence-electron chi connectivity index (χ0n) is 14.3. The minimum atomic E-state index is -1.13. The maximum Gasteiger partial charge on any atom is 0.337 e. The summed E-state index contributed by atoms with van der Waals surface area (Å²) < 4.78 is 5.74. The van der Waals surface area contributed by atoms with E-state index in [1.54, 1.807) is 31.2 Å². The van der Waals surface area contributed by atoms with Gasteiger partial charge in [-0.15, -0.1) is 5.10 Å². The lowest BCUT2D eigenvalue weighted by Gasteiger charge is -2.04. The molecule has 0 radical (unpaired) electrons. The van der Waals surface area contributed by atoms with E-state index in [4.69, 9.17) is 16.0 Å². The third-order valence-electron chi connectivity index (χ3n) is 3.98. The average molecular weight is 399 g/mol. The number of aromatic nitrogens is 4. The number of halogens is 1. The summed E-state index contributed by atoms with van der Waals surface area (Å²) in [4.78, 5) is 23.8. The summed E-state index contributed by atoms with van der Waals surface area (Å²) in [5, 5.41) is 27.6. The van der Waals surface area contributed by atoms with E-state index in [0.717, 1.165) is 5.01 Å². The number of benzene rings is 1. The first kappa shape index (κ1) is 17.6. The number of amides is 1. The Kier molecular flexibility index (Phi) is 4.24. The Morgan fingerprint density at radius 3 is 2.86 bits per heavy atom. The maximum atomic E-state index is 12.6. The van der Waals surface area contributed by atoms with Gasteiger partial charge in [0, 0.05) is 5.56 Å². The minimum Gasteiger partial charge on any atom is -0.478 e. The fraction of sp³-hybridized carbons (Fsp3) is 0.0588. The number of furan rings is 1. The lowest BCUT2D eigenvalue weighted by molar-refractivity contribution is -0.114. The second-order valence-electron chi connectivity index (χ2n) is 5.77. The predicted molar refractivity (Wildman–Crippen MR) is 98.9 cm³/mol. The lowest BCUT2D eigenvalue weighted by atomic mass is 10.1. The molecule has 4 rings (SSSR count). The summed E-state index contributed by atoms with van der Waals surface area (Å²) in [7, 11) is 0. The van der Waals surface area contributed by atoms with E-state index in [9.17, 15) is 14.7 Å². The molecule has 11 heteroatoms. The van der Waals surface area contributed by atoms with E-state index < -0.39 is 11.9 Å². The van der Waals surface area contributed by atoms with Crippen molar-refractivity contribution < 1.29 is 19.1 Å². The highest BCUT2D eigenvalue weighted by Crippen LogP contribution is 2.28. The van der Waals surface area contributed by atoms with E-state index >= 15 is 0 Å². The van der Waals surface area contributed by atoms with Crippen molar-refractivity contribution in [2.45, 2.75) is 6.92 Å². The van der Waals surface area contributed by atoms with Gasteiger partial charge in [-0.1, -0.05) is 16.7 Å². The fourth-order valence-corrected chi connectivity index (χ4v) is 2.83. The molecule has 1 aromatic carbocycles. The number of aromatic amines is 1. The van der Waals surface area contributed by atoms with Gasteiger partial charge in [-0.05, 0) is 48.5 Å². The van der Waals surface area contributed by atoms with Crippen LogP contribution in [0.2, 0.25) is 5.02 Å². The number of nitrogens with zero attached hydrogens (tertiary/aromatic N) is 5. The summed E-state index contributed by atoms with van der Waals surface area (Å²) in [6, 6.07) is 7.89. The van der Waals surface area contributed by atoms with Crippen molar-refractivity contribution in [1.29, 1.82) is 0 Å². The molecule has 0 aliphatic carbocycles. The molecule has 3 aromatic rings. The molecule has 0 saturated carbocycles. The molecule has 3 heterocycles. The molecule has 28 heavy (non-hydrogen) atoms. The number of hydrogen-bond acceptors (Lipinski definition) is 7. The molecule has 0 bridgehead atoms. The van der Waals surface area contributed by atoms with Crippen molar-refractivity contribution >= 4 is 41.2 Å². The molecule has 0 fully saturated rings. The van der Waals surface area contributed by atoms with Gasteiger partial charge in [0.15, 0.2) is 0 Å². The summed E-state index contributed by atoms with van der Waals surface area (Å²) in [5.41, 5.74) is 1.30. The first-order chi connectivity index (χ1) is 13.4. The van der Waals surface area contributed by atoms with Crippen LogP contribution in [0.25, 0.3) is 17.4 Å². The highest BCUT2D eigenvalue weighted by atomic mass is 35.5. The molecule has 1 aliphatic heterocycles. The van der Waals surface area contributed by atoms with Gasteiger partial charge < -0.3 is 9.52 Å². The van der Waals surface area contributed by atoms with E-state index in [2.05, 4.69) is 25.7 Å². The van der Waals surface area contributed by atoms with Crippen molar-refractivity contribution in [3.05, 3.63) is 52.3 Å². The Labute approximate surface area is 162 Å². The van der Waals surface area contributed by atoms with Gasteiger partial charge in [-0.25, -0.2) is 4.79 Å². The van der Waals surface area contributed by atoms with Crippen LogP contribution in [0, 0.1) is 0 Å². The van der Waals surface area contributed by atoms with Crippen LogP contribution in [0.4, 0.5) is 5.95 Å². The number of hydrogen-bond donors (Lipinski definition) is 2. The molecule has 0 unspecified atom stereocenters. The number of aromatic carboxylic acids is 1. The van der Waals surface area contributed by atoms with Crippen LogP contribution in [0.5, 0.6) is 0 Å². The number of H-pyrrole nitrogens is 1. The lowest BCUT2D eigenvalue weighted by Crippen LogP contribution is -2.22. The molecule has 0 atom stereocenters. The predicted octanol–water partition coefficient (Wildman–Crippen LogP) is 2.62. The van der Waals surface area contributed by atoms with Crippen LogP contribution in [-0.2, 0) is 4.79 Å². The highest BCUT2D eigenvalue weighted by Gasteiger charge is 2.31. The van der Waals surface area contributed by atoms with Crippen LogP contribution < -0.4 is 5.01 Å². The Hall–Kier alpha value is -3.79. The van der Waals surface area contributed by atoms with Gasteiger partial charge in [0.05, 0.1) is 21.9 Å². The molecule has 140 valence electrons. The standard InChI is InChI=1S/C17H11ClN6O4/c1-8-11(15(25)24(21-8)17-19-22-23-20-17)7-10-3-5-14(28-10)9-2-4-13(18)12(6-9)16(26)27/h2-7H,1H3,(H,26,27)(H,19,20,22,23). The topological polar surface area (TPSA) is 138 Å². The first-order valence-electron chi connectivity index (χ1n) is 7.92. The average Bonchev–Trinajstić information content (AvgIpc) is 3.39. The normalized spacial score (nSPS) is 15.4. The fourth-order valence-electron chi connectivity index (χ4n) is 2.64. The monoisotopic (exact) mass is 398 g/mol. The second-order valence-corrected chi connectivity index (χ2v) is 6.18. The smallest absolute Gasteiger partial charge is 0.337 e. The van der Waals surface area contributed by atoms with Crippen molar-refractivity contribution in [3.8, 4) is 11.3 Å². The zero-order chi connectivity index (χ0) is 19.8. The number of carbonyl (C=O) groups is 2. The van der Waals surface area contributed by atoms with E-state index in [0.29, 0.717) is 28.4 Å². The summed E-state index contributed by atoms with van der Waals surface area (Å²) in [5.74, 6) is -0.687. The maximum absolute atomic E-state index is 12.6. The van der Waals surface area contributed by atoms with Gasteiger partial charge in [-0.3, -0.25) is 4.79 Å². The number of nitrogens with one attached hydrogen (secondary N) is 1. The Balaban J connectivity index is 1.64. The largest absolute Gasteiger partial charge is 0.478 e. The van der Waals surface area contributed by atoms with Crippen LogP contribution >= 0.6 is 11.6 Å². The van der Waals surface area contributed by atoms with E-state index in [-0.39, 0.29) is 16.5 Å². The van der Waals surface area contributed by atoms with Crippen molar-refractivity contribution in [2.75, 3.05) is 5.01 Å². The minimum absolute atomic E-state index is 0.0276. The SMILES string of the molecule is CC1=NN(c2nn[nH]n2)C(=O)C1=Cc1ccc(-c2ccc(Cl)c(C(=O)O)c2)o1. The zero-order valence-corrected chi connectivity index (χ0v) is 15.0. The van der Waals surface area contributed by atoms with E-state index in [1.807, 2.05) is 0 Å². The summed E-state index contributed by atoms with van der Waals surface area (Å²) >= 11 is 5.89. The third kappa shape index (κ3) is 3.05. The highest BCUT2D eigenvalue weighted by molar-refractivity contribution is 6.33. The summed E-state index contributed by atoms with van der Waals surface area (Å²) in [6.45, 7) is 1.67. The molecule has 2 aromatic heterocycles. The number of carbonyl (C=O) groups excluding carboxylic acids is 1. The Morgan fingerprint density at radius 1 is 1.32 bits per heavy atom. The van der Waals surface area contributed by atoms with Gasteiger partial charge in [0.1, 0.15) is 11.5 Å². The Bertz CT molecular complexity index is 1150. The molecular weight excluding hydrogens is 388 g/mol. The van der Waals surface area contributed by atoms with Gasteiger partial charge in [0.25, 0.3) is 11.9 Å². The van der Waals surface area contributed by atoms with Crippen LogP contribution in [0.15, 0.2) is 45.4 Å². The van der Waals surface area contributed by atoms with Crippen molar-refractivity contribution in [2.24, 2.45) is 5.10 Å². The van der Waals surface area contributed by atoms with Gasteiger partial charge in [-0.2, -0.15) is 15.3 Å². The molecular formula is C17H11ClN6O4. The third-order valence-corrected chi connectivity index (χ3v) is 4.31. The molecule has 0 saturated heterocycles. The number of tetrazole rings is 1. The Morgan fingerprint density at radius 2 is 2.14 bits per heavy atom. The second kappa shape index (κ2) is 6.74. The number of carboxylic acids is 1.